The van der Waals surface area contributed by atoms with Crippen LogP contribution in [-0.4, -0.2) is 8.76 Å². The summed E-state index contributed by atoms with van der Waals surface area (Å²) in [5, 5.41) is 0. The maximum atomic E-state index is 8.81. The molecule has 0 N–H and O–H groups in total. The molecule has 0 aromatic heterocycles. The summed E-state index contributed by atoms with van der Waals surface area (Å²) < 4.78 is 17.6. The minimum atomic E-state index is -2.28. The first kappa shape index (κ1) is 9.36. The van der Waals surface area contributed by atoms with Gasteiger partial charge in [-0.25, -0.2) is 10.1 Å². The quantitative estimate of drug-likeness (QED) is 0.200. The van der Waals surface area contributed by atoms with Crippen molar-refractivity contribution in [2.75, 3.05) is 0 Å². The van der Waals surface area contributed by atoms with E-state index in [-0.39, 0.29) is 17.1 Å². The van der Waals surface area contributed by atoms with Gasteiger partial charge in [0.1, 0.15) is 0 Å². The van der Waals surface area contributed by atoms with Crippen LogP contribution in [0.2, 0.25) is 0 Å². The van der Waals surface area contributed by atoms with Crippen molar-refractivity contribution >= 4 is 21.8 Å². The van der Waals surface area contributed by atoms with Gasteiger partial charge in [0.2, 0.25) is 0 Å². The summed E-state index contributed by atoms with van der Waals surface area (Å²) >= 11 is 3.54. The van der Waals surface area contributed by atoms with Gasteiger partial charge in [-0.1, -0.05) is 0 Å². The van der Waals surface area contributed by atoms with Crippen molar-refractivity contribution < 1.29 is 25.8 Å². The van der Waals surface area contributed by atoms with E-state index in [9.17, 15) is 0 Å². The Morgan fingerprint density at radius 1 is 1.80 bits per heavy atom. The molecule has 0 amide bonds. The molecular weight excluding hydrogens is 152 g/mol. The molecule has 0 saturated carbocycles. The second kappa shape index (κ2) is 4.98. The van der Waals surface area contributed by atoms with Crippen LogP contribution in [0.5, 0.6) is 0 Å². The van der Waals surface area contributed by atoms with Gasteiger partial charge in [-0.3, -0.25) is 0 Å². The summed E-state index contributed by atoms with van der Waals surface area (Å²) in [6.07, 6.45) is 0. The normalized spacial score (nSPS) is 12.4. The van der Waals surface area contributed by atoms with Gasteiger partial charge in [-0.15, -0.1) is 0 Å². The third-order valence-corrected chi connectivity index (χ3v) is 0. The summed E-state index contributed by atoms with van der Waals surface area (Å²) in [5.41, 5.74) is 0. The van der Waals surface area contributed by atoms with Gasteiger partial charge in [-0.2, -0.15) is 0 Å². The predicted octanol–water partition coefficient (Wildman–Crippen LogP) is -0.675. The van der Waals surface area contributed by atoms with E-state index in [1.165, 1.54) is 0 Å². The summed E-state index contributed by atoms with van der Waals surface area (Å²) in [6, 6.07) is 0. The molecule has 0 radical (unpaired) electrons. The van der Waals surface area contributed by atoms with Crippen molar-refractivity contribution in [1.82, 2.24) is 0 Å². The van der Waals surface area contributed by atoms with Crippen LogP contribution in [0.1, 0.15) is 0 Å². The molecule has 2 nitrogen and oxygen atoms in total. The van der Waals surface area contributed by atoms with Crippen LogP contribution in [0.4, 0.5) is 0 Å². The van der Waals surface area contributed by atoms with Gasteiger partial charge < -0.3 is 20.4 Å². The van der Waals surface area contributed by atoms with Crippen LogP contribution < -0.4 is 0 Å². The third-order valence-electron chi connectivity index (χ3n) is 0. The second-order valence-corrected chi connectivity index (χ2v) is 1.43. The fourth-order valence-corrected chi connectivity index (χ4v) is 0. The van der Waals surface area contributed by atoms with E-state index in [0.717, 1.165) is 0 Å². The van der Waals surface area contributed by atoms with Gasteiger partial charge >= 0.3 is 17.1 Å². The van der Waals surface area contributed by atoms with Gasteiger partial charge in [0.05, 0.1) is 0 Å². The summed E-state index contributed by atoms with van der Waals surface area (Å²) in [7, 11) is -2.28. The fourth-order valence-electron chi connectivity index (χ4n) is 0. The van der Waals surface area contributed by atoms with E-state index in [0.29, 0.717) is 0 Å². The Morgan fingerprint density at radius 3 is 1.80 bits per heavy atom. The van der Waals surface area contributed by atoms with Crippen molar-refractivity contribution in [3.63, 3.8) is 0 Å². The molecule has 1 unspecified atom stereocenters. The van der Waals surface area contributed by atoms with Crippen molar-refractivity contribution in [1.29, 1.82) is 0 Å². The largest absolute Gasteiger partial charge is 2.00 e. The van der Waals surface area contributed by atoms with E-state index in [2.05, 4.69) is 11.7 Å². The van der Waals surface area contributed by atoms with Crippen LogP contribution in [-0.2, 0) is 38.8 Å². The standard InChI is InChI=1S/Fe.H2O2S2/c;1-4(2)3/h;(H2,1,2,3)/q+2;/p-2. The van der Waals surface area contributed by atoms with E-state index in [1.807, 2.05) is 0 Å². The van der Waals surface area contributed by atoms with E-state index < -0.39 is 10.1 Å². The van der Waals surface area contributed by atoms with Crippen LogP contribution in [0.3, 0.4) is 0 Å². The average molecular weight is 152 g/mol. The molecule has 5 heavy (non-hydrogen) atoms. The molecule has 1 atom stereocenters. The molecule has 0 heterocycles. The van der Waals surface area contributed by atoms with Crippen LogP contribution in [0.25, 0.3) is 0 Å². The first-order chi connectivity index (χ1) is 1.73. The molecule has 0 aromatic rings. The second-order valence-electron chi connectivity index (χ2n) is 0.204. The zero-order chi connectivity index (χ0) is 3.58. The Bertz CT molecular complexity index is 30.6. The molecule has 0 aliphatic rings. The first-order valence-corrected chi connectivity index (χ1v) is 2.50. The molecule has 0 aliphatic heterocycles. The fraction of sp³-hybridized carbons (Fsp3) is 0. The Morgan fingerprint density at radius 2 is 1.80 bits per heavy atom. The molecule has 0 saturated heterocycles. The van der Waals surface area contributed by atoms with E-state index in [4.69, 9.17) is 8.76 Å². The van der Waals surface area contributed by atoms with E-state index >= 15 is 0 Å². The van der Waals surface area contributed by atoms with E-state index in [1.54, 1.807) is 0 Å². The minimum absolute atomic E-state index is 0. The maximum absolute atomic E-state index is 8.81. The van der Waals surface area contributed by atoms with Gasteiger partial charge in [-0.05, 0) is 0 Å². The average Bonchev–Trinajstić information content (AvgIpc) is 0.811. The zero-order valence-electron chi connectivity index (χ0n) is 1.99. The molecule has 0 rings (SSSR count). The smallest absolute Gasteiger partial charge is 0.793 e. The Labute approximate surface area is 47.9 Å². The topological polar surface area (TPSA) is 40.1 Å². The number of rotatable bonds is 0. The van der Waals surface area contributed by atoms with Crippen LogP contribution >= 0.6 is 0 Å². The van der Waals surface area contributed by atoms with Crippen LogP contribution in [0.15, 0.2) is 0 Å². The van der Waals surface area contributed by atoms with Crippen LogP contribution in [0, 0.1) is 0 Å². The molecular formula is FeO2S2. The Hall–Kier alpha value is 0.979. The number of hydrogen-bond acceptors (Lipinski definition) is 3. The number of hydrogen-bond donors (Lipinski definition) is 0. The molecule has 5 heteroatoms. The minimum Gasteiger partial charge on any atom is -0.793 e. The molecule has 0 aromatic carbocycles. The van der Waals surface area contributed by atoms with Crippen molar-refractivity contribution in [3.05, 3.63) is 0 Å². The monoisotopic (exact) mass is 152 g/mol. The van der Waals surface area contributed by atoms with Gasteiger partial charge in [0.15, 0.2) is 0 Å². The molecule has 0 bridgehead atoms. The van der Waals surface area contributed by atoms with Gasteiger partial charge in [0, 0.05) is 0 Å². The SMILES string of the molecule is O=S([O-])[S-].[Fe+2]. The molecule has 0 spiro atoms. The summed E-state index contributed by atoms with van der Waals surface area (Å²) in [6.45, 7) is 0. The maximum Gasteiger partial charge on any atom is 2.00 e. The Kier molecular flexibility index (Phi) is 9.32. The molecule has 32 valence electrons. The summed E-state index contributed by atoms with van der Waals surface area (Å²) in [4.78, 5) is 0. The third kappa shape index (κ3) is 46.1. The molecule has 0 fully saturated rings. The van der Waals surface area contributed by atoms with Crippen molar-refractivity contribution in [3.8, 4) is 0 Å². The Balaban J connectivity index is 0. The zero-order valence-corrected chi connectivity index (χ0v) is 4.72. The van der Waals surface area contributed by atoms with Crippen molar-refractivity contribution in [2.24, 2.45) is 0 Å². The predicted molar refractivity (Wildman–Crippen MR) is 16.3 cm³/mol. The first-order valence-electron chi connectivity index (χ1n) is 0.500. The summed E-state index contributed by atoms with van der Waals surface area (Å²) in [5.74, 6) is 0. The molecule has 0 aliphatic carbocycles. The van der Waals surface area contributed by atoms with Gasteiger partial charge in [0.25, 0.3) is 0 Å². The van der Waals surface area contributed by atoms with Crippen molar-refractivity contribution in [2.45, 2.75) is 0 Å².